The van der Waals surface area contributed by atoms with Gasteiger partial charge in [0, 0.05) is 17.2 Å². The number of phenols is 2. The third-order valence-corrected chi connectivity index (χ3v) is 5.33. The molecule has 1 aliphatic rings. The maximum absolute atomic E-state index is 12.4. The lowest BCUT2D eigenvalue weighted by Gasteiger charge is -2.35. The molecule has 0 amide bonds. The first-order chi connectivity index (χ1) is 17.4. The van der Waals surface area contributed by atoms with Crippen LogP contribution in [0.5, 0.6) is 17.2 Å². The van der Waals surface area contributed by atoms with Gasteiger partial charge < -0.3 is 24.4 Å². The first-order valence-corrected chi connectivity index (χ1v) is 11.3. The Morgan fingerprint density at radius 1 is 0.889 bits per heavy atom. The number of carbonyl (C=O) groups is 2. The minimum absolute atomic E-state index is 0.0148. The molecule has 1 atom stereocenters. The molecule has 0 aromatic heterocycles. The van der Waals surface area contributed by atoms with Gasteiger partial charge in [0.05, 0.1) is 13.0 Å². The standard InChI is InChI=1S/C23H20O4.C6H8O3/c1-2-19(24)16-23(17-8-12-20(25)13-9-17,18-10-14-21(26)15-11-18)27-22-6-4-3-5-7-22;1-2-6(7)9-4-5-3-8-5/h2-15,25-26H,1,16H2;2,5H,1,3-4H2. The molecule has 0 bridgehead atoms. The van der Waals surface area contributed by atoms with Gasteiger partial charge in [-0.1, -0.05) is 55.6 Å². The highest BCUT2D eigenvalue weighted by molar-refractivity contribution is 5.90. The minimum atomic E-state index is -1.14. The number of hydrogen-bond acceptors (Lipinski definition) is 7. The van der Waals surface area contributed by atoms with E-state index in [0.29, 0.717) is 30.1 Å². The third-order valence-electron chi connectivity index (χ3n) is 5.33. The summed E-state index contributed by atoms with van der Waals surface area (Å²) < 4.78 is 15.8. The number of aromatic hydroxyl groups is 2. The summed E-state index contributed by atoms with van der Waals surface area (Å²) in [5.74, 6) is 0.259. The Morgan fingerprint density at radius 2 is 1.42 bits per heavy atom. The van der Waals surface area contributed by atoms with E-state index in [9.17, 15) is 19.8 Å². The van der Waals surface area contributed by atoms with Crippen LogP contribution in [-0.4, -0.2) is 41.3 Å². The molecule has 4 rings (SSSR count). The zero-order valence-corrected chi connectivity index (χ0v) is 19.7. The van der Waals surface area contributed by atoms with Crippen molar-refractivity contribution in [1.29, 1.82) is 0 Å². The molecule has 7 heteroatoms. The zero-order valence-electron chi connectivity index (χ0n) is 19.7. The van der Waals surface area contributed by atoms with E-state index in [-0.39, 0.29) is 35.8 Å². The lowest BCUT2D eigenvalue weighted by Crippen LogP contribution is -2.36. The predicted molar refractivity (Wildman–Crippen MR) is 135 cm³/mol. The van der Waals surface area contributed by atoms with Crippen molar-refractivity contribution >= 4 is 11.8 Å². The number of para-hydroxylation sites is 1. The average Bonchev–Trinajstić information content (AvgIpc) is 3.73. The summed E-state index contributed by atoms with van der Waals surface area (Å²) in [4.78, 5) is 22.7. The van der Waals surface area contributed by atoms with E-state index in [1.54, 1.807) is 48.5 Å². The molecule has 7 nitrogen and oxygen atoms in total. The number of ether oxygens (including phenoxy) is 3. The molecule has 0 saturated carbocycles. The highest BCUT2D eigenvalue weighted by Gasteiger charge is 2.39. The fourth-order valence-electron chi connectivity index (χ4n) is 3.39. The number of epoxide rings is 1. The van der Waals surface area contributed by atoms with Crippen LogP contribution in [0.2, 0.25) is 0 Å². The summed E-state index contributed by atoms with van der Waals surface area (Å²) in [5.41, 5.74) is 0.253. The maximum Gasteiger partial charge on any atom is 0.330 e. The monoisotopic (exact) mass is 488 g/mol. The topological polar surface area (TPSA) is 106 Å². The Kier molecular flexibility index (Phi) is 9.02. The maximum atomic E-state index is 12.4. The quantitative estimate of drug-likeness (QED) is 0.242. The molecule has 1 fully saturated rings. The first kappa shape index (κ1) is 26.2. The smallest absolute Gasteiger partial charge is 0.330 e. The van der Waals surface area contributed by atoms with E-state index >= 15 is 0 Å². The third kappa shape index (κ3) is 7.32. The van der Waals surface area contributed by atoms with E-state index in [1.807, 2.05) is 30.3 Å². The zero-order chi connectivity index (χ0) is 26.0. The number of esters is 1. The van der Waals surface area contributed by atoms with E-state index < -0.39 is 5.60 Å². The van der Waals surface area contributed by atoms with Crippen molar-refractivity contribution in [3.63, 3.8) is 0 Å². The van der Waals surface area contributed by atoms with Crippen LogP contribution < -0.4 is 4.74 Å². The molecule has 1 unspecified atom stereocenters. The molecule has 0 aliphatic carbocycles. The number of rotatable bonds is 10. The van der Waals surface area contributed by atoms with Crippen LogP contribution in [0.3, 0.4) is 0 Å². The van der Waals surface area contributed by atoms with Crippen LogP contribution in [0.15, 0.2) is 104 Å². The van der Waals surface area contributed by atoms with Gasteiger partial charge in [-0.3, -0.25) is 4.79 Å². The van der Waals surface area contributed by atoms with Gasteiger partial charge in [0.25, 0.3) is 0 Å². The van der Waals surface area contributed by atoms with Gasteiger partial charge in [0.2, 0.25) is 0 Å². The SMILES string of the molecule is C=CC(=O)CC(Oc1ccccc1)(c1ccc(O)cc1)c1ccc(O)cc1.C=CC(=O)OCC1CO1. The summed E-state index contributed by atoms with van der Waals surface area (Å²) in [6.45, 7) is 7.90. The molecule has 1 heterocycles. The van der Waals surface area contributed by atoms with Crippen LogP contribution in [0.1, 0.15) is 17.5 Å². The molecule has 36 heavy (non-hydrogen) atoms. The number of phenolic OH excluding ortho intramolecular Hbond substituents is 2. The Bertz CT molecular complexity index is 1120. The molecule has 186 valence electrons. The van der Waals surface area contributed by atoms with Crippen LogP contribution in [0.25, 0.3) is 0 Å². The summed E-state index contributed by atoms with van der Waals surface area (Å²) in [7, 11) is 0. The highest BCUT2D eigenvalue weighted by Crippen LogP contribution is 2.39. The molecular weight excluding hydrogens is 460 g/mol. The van der Waals surface area contributed by atoms with Crippen LogP contribution in [0, 0.1) is 0 Å². The Hall–Kier alpha value is -4.36. The van der Waals surface area contributed by atoms with E-state index in [1.165, 1.54) is 6.08 Å². The van der Waals surface area contributed by atoms with Gasteiger partial charge in [-0.25, -0.2) is 4.79 Å². The Balaban J connectivity index is 0.000000338. The van der Waals surface area contributed by atoms with E-state index in [2.05, 4.69) is 17.9 Å². The first-order valence-electron chi connectivity index (χ1n) is 11.3. The summed E-state index contributed by atoms with van der Waals surface area (Å²) in [6.07, 6.45) is 2.57. The van der Waals surface area contributed by atoms with Gasteiger partial charge in [-0.05, 0) is 42.5 Å². The van der Waals surface area contributed by atoms with E-state index in [4.69, 9.17) is 9.47 Å². The Labute approximate surface area is 209 Å². The molecule has 2 N–H and O–H groups in total. The minimum Gasteiger partial charge on any atom is -0.508 e. The van der Waals surface area contributed by atoms with Crippen molar-refractivity contribution in [3.05, 3.63) is 115 Å². The van der Waals surface area contributed by atoms with Crippen molar-refractivity contribution in [1.82, 2.24) is 0 Å². The second-order valence-electron chi connectivity index (χ2n) is 7.97. The molecule has 0 radical (unpaired) electrons. The summed E-state index contributed by atoms with van der Waals surface area (Å²) in [6, 6.07) is 22.3. The van der Waals surface area contributed by atoms with Crippen LogP contribution >= 0.6 is 0 Å². The fourth-order valence-corrected chi connectivity index (χ4v) is 3.39. The Morgan fingerprint density at radius 3 is 1.86 bits per heavy atom. The lowest BCUT2D eigenvalue weighted by molar-refractivity contribution is -0.138. The molecule has 3 aromatic rings. The fraction of sp³-hybridized carbons (Fsp3) is 0.172. The van der Waals surface area contributed by atoms with Gasteiger partial charge in [0.1, 0.15) is 30.0 Å². The lowest BCUT2D eigenvalue weighted by atomic mass is 9.81. The summed E-state index contributed by atoms with van der Waals surface area (Å²) in [5, 5.41) is 19.4. The number of hydrogen-bond donors (Lipinski definition) is 2. The van der Waals surface area contributed by atoms with Gasteiger partial charge >= 0.3 is 5.97 Å². The molecule has 3 aromatic carbocycles. The van der Waals surface area contributed by atoms with E-state index in [0.717, 1.165) is 6.08 Å². The summed E-state index contributed by atoms with van der Waals surface area (Å²) >= 11 is 0. The number of carbonyl (C=O) groups excluding carboxylic acids is 2. The highest BCUT2D eigenvalue weighted by atomic mass is 16.6. The largest absolute Gasteiger partial charge is 0.508 e. The number of ketones is 1. The second kappa shape index (κ2) is 12.4. The van der Waals surface area contributed by atoms with Crippen molar-refractivity contribution in [2.75, 3.05) is 13.2 Å². The van der Waals surface area contributed by atoms with Crippen molar-refractivity contribution in [2.45, 2.75) is 18.1 Å². The molecule has 0 spiro atoms. The number of benzene rings is 3. The molecular formula is C29H28O7. The van der Waals surface area contributed by atoms with Crippen molar-refractivity contribution in [2.24, 2.45) is 0 Å². The van der Waals surface area contributed by atoms with Gasteiger partial charge in [0.15, 0.2) is 11.4 Å². The number of allylic oxidation sites excluding steroid dienone is 1. The van der Waals surface area contributed by atoms with Crippen LogP contribution in [0.4, 0.5) is 0 Å². The second-order valence-corrected chi connectivity index (χ2v) is 7.97. The predicted octanol–water partition coefficient (Wildman–Crippen LogP) is 4.68. The molecule has 1 aliphatic heterocycles. The van der Waals surface area contributed by atoms with Crippen LogP contribution in [-0.2, 0) is 24.7 Å². The molecule has 1 saturated heterocycles. The normalized spacial score (nSPS) is 13.9. The average molecular weight is 489 g/mol. The van der Waals surface area contributed by atoms with Gasteiger partial charge in [-0.2, -0.15) is 0 Å². The van der Waals surface area contributed by atoms with Gasteiger partial charge in [-0.15, -0.1) is 0 Å². The van der Waals surface area contributed by atoms with Crippen molar-refractivity contribution in [3.8, 4) is 17.2 Å². The van der Waals surface area contributed by atoms with Crippen molar-refractivity contribution < 1.29 is 34.0 Å².